The minimum Gasteiger partial charge on any atom is -0.489 e. The monoisotopic (exact) mass is 266 g/mol. The Morgan fingerprint density at radius 1 is 1.00 bits per heavy atom. The van der Waals surface area contributed by atoms with Crippen molar-refractivity contribution in [3.8, 4) is 17.1 Å². The normalized spacial score (nSPS) is 10.4. The Morgan fingerprint density at radius 3 is 2.40 bits per heavy atom. The van der Waals surface area contributed by atoms with Crippen molar-refractivity contribution < 1.29 is 4.74 Å². The standard InChI is InChI=1S/C15H14N4O/c1-19-17-15(16-18-19)13-7-9-14(10-8-13)20-11-12-5-3-2-4-6-12/h2-10H,11H2,1H3. The molecule has 0 atom stereocenters. The Kier molecular flexibility index (Phi) is 3.41. The van der Waals surface area contributed by atoms with Crippen molar-refractivity contribution in [2.45, 2.75) is 6.61 Å². The molecule has 0 aliphatic rings. The summed E-state index contributed by atoms with van der Waals surface area (Å²) >= 11 is 0. The zero-order valence-corrected chi connectivity index (χ0v) is 11.1. The van der Waals surface area contributed by atoms with Crippen LogP contribution < -0.4 is 4.74 Å². The van der Waals surface area contributed by atoms with E-state index >= 15 is 0 Å². The highest BCUT2D eigenvalue weighted by Gasteiger charge is 2.04. The fraction of sp³-hybridized carbons (Fsp3) is 0.133. The van der Waals surface area contributed by atoms with E-state index in [1.165, 1.54) is 4.80 Å². The molecule has 1 heterocycles. The molecular weight excluding hydrogens is 252 g/mol. The Balaban J connectivity index is 1.67. The molecule has 0 radical (unpaired) electrons. The Bertz CT molecular complexity index is 677. The Hall–Kier alpha value is -2.69. The van der Waals surface area contributed by atoms with Crippen molar-refractivity contribution >= 4 is 0 Å². The summed E-state index contributed by atoms with van der Waals surface area (Å²) in [7, 11) is 1.74. The molecule has 0 fully saturated rings. The van der Waals surface area contributed by atoms with Crippen LogP contribution in [0.2, 0.25) is 0 Å². The van der Waals surface area contributed by atoms with Gasteiger partial charge in [0.2, 0.25) is 5.82 Å². The van der Waals surface area contributed by atoms with Gasteiger partial charge in [0.25, 0.3) is 0 Å². The number of aromatic nitrogens is 4. The van der Waals surface area contributed by atoms with Gasteiger partial charge in [0, 0.05) is 5.56 Å². The summed E-state index contributed by atoms with van der Waals surface area (Å²) in [6, 6.07) is 17.8. The van der Waals surface area contributed by atoms with E-state index in [9.17, 15) is 0 Å². The highest BCUT2D eigenvalue weighted by molar-refractivity contribution is 5.55. The fourth-order valence-electron chi connectivity index (χ4n) is 1.84. The lowest BCUT2D eigenvalue weighted by atomic mass is 10.2. The minimum atomic E-state index is 0.559. The van der Waals surface area contributed by atoms with E-state index in [2.05, 4.69) is 15.4 Å². The highest BCUT2D eigenvalue weighted by atomic mass is 16.5. The van der Waals surface area contributed by atoms with E-state index < -0.39 is 0 Å². The lowest BCUT2D eigenvalue weighted by molar-refractivity contribution is 0.306. The van der Waals surface area contributed by atoms with E-state index in [4.69, 9.17) is 4.74 Å². The third-order valence-corrected chi connectivity index (χ3v) is 2.87. The van der Waals surface area contributed by atoms with Crippen LogP contribution in [0, 0.1) is 0 Å². The first kappa shape index (κ1) is 12.3. The maximum absolute atomic E-state index is 5.73. The molecule has 0 aliphatic carbocycles. The first-order valence-electron chi connectivity index (χ1n) is 6.32. The zero-order chi connectivity index (χ0) is 13.8. The van der Waals surface area contributed by atoms with Crippen LogP contribution in [0.25, 0.3) is 11.4 Å². The van der Waals surface area contributed by atoms with Crippen molar-refractivity contribution in [2.24, 2.45) is 7.05 Å². The van der Waals surface area contributed by atoms with Crippen LogP contribution in [-0.2, 0) is 13.7 Å². The average Bonchev–Trinajstić information content (AvgIpc) is 2.93. The predicted molar refractivity (Wildman–Crippen MR) is 75.0 cm³/mol. The van der Waals surface area contributed by atoms with Gasteiger partial charge in [-0.3, -0.25) is 0 Å². The largest absolute Gasteiger partial charge is 0.489 e. The molecule has 0 aliphatic heterocycles. The third kappa shape index (κ3) is 2.83. The maximum atomic E-state index is 5.73. The number of benzene rings is 2. The van der Waals surface area contributed by atoms with Gasteiger partial charge in [0.05, 0.1) is 7.05 Å². The SMILES string of the molecule is Cn1nnc(-c2ccc(OCc3ccccc3)cc2)n1. The molecule has 3 rings (SSSR count). The van der Waals surface area contributed by atoms with Crippen LogP contribution in [0.5, 0.6) is 5.75 Å². The molecule has 3 aromatic rings. The maximum Gasteiger partial charge on any atom is 0.204 e. The van der Waals surface area contributed by atoms with Gasteiger partial charge in [0.1, 0.15) is 12.4 Å². The summed E-state index contributed by atoms with van der Waals surface area (Å²) in [4.78, 5) is 1.44. The van der Waals surface area contributed by atoms with E-state index in [1.807, 2.05) is 54.6 Å². The lowest BCUT2D eigenvalue weighted by Crippen LogP contribution is -1.95. The first-order chi connectivity index (χ1) is 9.81. The zero-order valence-electron chi connectivity index (χ0n) is 11.1. The second-order valence-corrected chi connectivity index (χ2v) is 4.40. The number of rotatable bonds is 4. The van der Waals surface area contributed by atoms with Crippen LogP contribution in [0.15, 0.2) is 54.6 Å². The summed E-state index contributed by atoms with van der Waals surface area (Å²) in [6.45, 7) is 0.559. The van der Waals surface area contributed by atoms with E-state index in [0.29, 0.717) is 12.4 Å². The van der Waals surface area contributed by atoms with Crippen molar-refractivity contribution in [2.75, 3.05) is 0 Å². The van der Waals surface area contributed by atoms with Crippen molar-refractivity contribution in [1.82, 2.24) is 20.2 Å². The topological polar surface area (TPSA) is 52.8 Å². The van der Waals surface area contributed by atoms with Crippen molar-refractivity contribution in [1.29, 1.82) is 0 Å². The number of tetrazole rings is 1. The number of nitrogens with zero attached hydrogens (tertiary/aromatic N) is 4. The molecule has 0 unspecified atom stereocenters. The number of aryl methyl sites for hydroxylation is 1. The molecule has 1 aromatic heterocycles. The molecule has 0 bridgehead atoms. The molecule has 0 saturated heterocycles. The number of ether oxygens (including phenoxy) is 1. The van der Waals surface area contributed by atoms with Crippen LogP contribution in [-0.4, -0.2) is 20.2 Å². The van der Waals surface area contributed by atoms with Gasteiger partial charge < -0.3 is 4.74 Å². The van der Waals surface area contributed by atoms with Gasteiger partial charge in [0.15, 0.2) is 0 Å². The summed E-state index contributed by atoms with van der Waals surface area (Å²) in [5, 5.41) is 11.9. The second-order valence-electron chi connectivity index (χ2n) is 4.40. The summed E-state index contributed by atoms with van der Waals surface area (Å²) < 4.78 is 5.73. The minimum absolute atomic E-state index is 0.559. The molecule has 0 spiro atoms. The van der Waals surface area contributed by atoms with E-state index in [-0.39, 0.29) is 0 Å². The lowest BCUT2D eigenvalue weighted by Gasteiger charge is -2.06. The Labute approximate surface area is 116 Å². The van der Waals surface area contributed by atoms with E-state index in [1.54, 1.807) is 7.05 Å². The molecule has 0 N–H and O–H groups in total. The molecule has 0 saturated carbocycles. The number of hydrogen-bond acceptors (Lipinski definition) is 4. The molecule has 5 heteroatoms. The van der Waals surface area contributed by atoms with Gasteiger partial charge in [-0.15, -0.1) is 10.2 Å². The first-order valence-corrected chi connectivity index (χ1v) is 6.32. The predicted octanol–water partition coefficient (Wildman–Crippen LogP) is 2.46. The number of hydrogen-bond donors (Lipinski definition) is 0. The van der Waals surface area contributed by atoms with E-state index in [0.717, 1.165) is 16.9 Å². The molecule has 100 valence electrons. The summed E-state index contributed by atoms with van der Waals surface area (Å²) in [5.74, 6) is 1.43. The van der Waals surface area contributed by atoms with Gasteiger partial charge in [-0.1, -0.05) is 30.3 Å². The van der Waals surface area contributed by atoms with Crippen molar-refractivity contribution in [3.05, 3.63) is 60.2 Å². The van der Waals surface area contributed by atoms with Gasteiger partial charge >= 0.3 is 0 Å². The third-order valence-electron chi connectivity index (χ3n) is 2.87. The molecule has 0 amide bonds. The molecule has 20 heavy (non-hydrogen) atoms. The smallest absolute Gasteiger partial charge is 0.204 e. The van der Waals surface area contributed by atoms with Crippen LogP contribution in [0.3, 0.4) is 0 Å². The quantitative estimate of drug-likeness (QED) is 0.728. The molecule has 2 aromatic carbocycles. The fourth-order valence-corrected chi connectivity index (χ4v) is 1.84. The Morgan fingerprint density at radius 2 is 1.75 bits per heavy atom. The summed E-state index contributed by atoms with van der Waals surface area (Å²) in [5.41, 5.74) is 2.07. The molecule has 5 nitrogen and oxygen atoms in total. The van der Waals surface area contributed by atoms with Crippen molar-refractivity contribution in [3.63, 3.8) is 0 Å². The van der Waals surface area contributed by atoms with Crippen LogP contribution in [0.4, 0.5) is 0 Å². The average molecular weight is 266 g/mol. The summed E-state index contributed by atoms with van der Waals surface area (Å²) in [6.07, 6.45) is 0. The highest BCUT2D eigenvalue weighted by Crippen LogP contribution is 2.19. The second kappa shape index (κ2) is 5.52. The van der Waals surface area contributed by atoms with Crippen LogP contribution >= 0.6 is 0 Å². The molecular formula is C15H14N4O. The van der Waals surface area contributed by atoms with Gasteiger partial charge in [-0.2, -0.15) is 4.80 Å². The van der Waals surface area contributed by atoms with Gasteiger partial charge in [-0.25, -0.2) is 0 Å². The van der Waals surface area contributed by atoms with Gasteiger partial charge in [-0.05, 0) is 35.0 Å². The van der Waals surface area contributed by atoms with Crippen LogP contribution in [0.1, 0.15) is 5.56 Å².